The highest BCUT2D eigenvalue weighted by Crippen LogP contribution is 2.31. The van der Waals surface area contributed by atoms with Crippen molar-refractivity contribution in [1.29, 1.82) is 0 Å². The van der Waals surface area contributed by atoms with Gasteiger partial charge < -0.3 is 5.32 Å². The van der Waals surface area contributed by atoms with E-state index in [9.17, 15) is 0 Å². The molecule has 1 N–H and O–H groups in total. The highest BCUT2D eigenvalue weighted by atomic mass is 15.3. The molecule has 0 amide bonds. The number of nitrogens with zero attached hydrogens (tertiary/aromatic N) is 1. The van der Waals surface area contributed by atoms with Crippen LogP contribution in [0, 0.1) is 5.92 Å². The number of piperazine rings is 1. The first-order chi connectivity index (χ1) is 8.02. The van der Waals surface area contributed by atoms with Crippen molar-refractivity contribution in [3.05, 3.63) is 0 Å². The third kappa shape index (κ3) is 3.23. The molecule has 1 aliphatic heterocycles. The monoisotopic (exact) mass is 238 g/mol. The Labute approximate surface area is 107 Å². The second-order valence-corrected chi connectivity index (χ2v) is 6.92. The third-order valence-electron chi connectivity index (χ3n) is 4.71. The average Bonchev–Trinajstić information content (AvgIpc) is 2.28. The first-order valence-corrected chi connectivity index (χ1v) is 7.52. The van der Waals surface area contributed by atoms with E-state index < -0.39 is 0 Å². The summed E-state index contributed by atoms with van der Waals surface area (Å²) in [5.74, 6) is 0.934. The highest BCUT2D eigenvalue weighted by molar-refractivity contribution is 4.95. The fourth-order valence-electron chi connectivity index (χ4n) is 3.66. The van der Waals surface area contributed by atoms with Gasteiger partial charge in [-0.25, -0.2) is 0 Å². The van der Waals surface area contributed by atoms with Gasteiger partial charge in [-0.2, -0.15) is 0 Å². The fraction of sp³-hybridized carbons (Fsp3) is 1.00. The van der Waals surface area contributed by atoms with Crippen LogP contribution < -0.4 is 5.32 Å². The van der Waals surface area contributed by atoms with E-state index in [0.29, 0.717) is 5.54 Å². The Kier molecular flexibility index (Phi) is 4.14. The standard InChI is InChI=1S/C15H30N2/c1-5-13-10-16-15(3,4)11-17(13)14-8-6-7-12(2)9-14/h12-14,16H,5-11H2,1-4H3. The summed E-state index contributed by atoms with van der Waals surface area (Å²) in [5.41, 5.74) is 0.298. The Morgan fingerprint density at radius 3 is 2.71 bits per heavy atom. The van der Waals surface area contributed by atoms with Gasteiger partial charge in [-0.1, -0.05) is 26.7 Å². The maximum Gasteiger partial charge on any atom is 0.0253 e. The molecule has 2 aliphatic rings. The van der Waals surface area contributed by atoms with Crippen LogP contribution in [0.5, 0.6) is 0 Å². The predicted octanol–water partition coefficient (Wildman–Crippen LogP) is 3.03. The summed E-state index contributed by atoms with van der Waals surface area (Å²) >= 11 is 0. The van der Waals surface area contributed by atoms with Gasteiger partial charge in [0.25, 0.3) is 0 Å². The van der Waals surface area contributed by atoms with Gasteiger partial charge in [0.15, 0.2) is 0 Å². The molecule has 0 bridgehead atoms. The molecule has 1 aliphatic carbocycles. The molecule has 2 fully saturated rings. The zero-order valence-electron chi connectivity index (χ0n) is 12.1. The van der Waals surface area contributed by atoms with Crippen LogP contribution in [-0.2, 0) is 0 Å². The zero-order valence-corrected chi connectivity index (χ0v) is 12.1. The Balaban J connectivity index is 2.04. The molecule has 1 heterocycles. The molecule has 100 valence electrons. The van der Waals surface area contributed by atoms with Gasteiger partial charge in [0, 0.05) is 30.7 Å². The molecule has 0 aromatic rings. The molecule has 0 spiro atoms. The Morgan fingerprint density at radius 1 is 1.29 bits per heavy atom. The van der Waals surface area contributed by atoms with Gasteiger partial charge in [0.05, 0.1) is 0 Å². The van der Waals surface area contributed by atoms with E-state index in [-0.39, 0.29) is 0 Å². The van der Waals surface area contributed by atoms with Gasteiger partial charge in [-0.15, -0.1) is 0 Å². The molecule has 3 atom stereocenters. The van der Waals surface area contributed by atoms with Crippen LogP contribution >= 0.6 is 0 Å². The van der Waals surface area contributed by atoms with Crippen molar-refractivity contribution < 1.29 is 0 Å². The van der Waals surface area contributed by atoms with Crippen LogP contribution in [0.15, 0.2) is 0 Å². The highest BCUT2D eigenvalue weighted by Gasteiger charge is 2.36. The predicted molar refractivity (Wildman–Crippen MR) is 74.3 cm³/mol. The molecular weight excluding hydrogens is 208 g/mol. The maximum atomic E-state index is 3.70. The lowest BCUT2D eigenvalue weighted by Crippen LogP contribution is -2.64. The van der Waals surface area contributed by atoms with Crippen molar-refractivity contribution in [1.82, 2.24) is 10.2 Å². The van der Waals surface area contributed by atoms with Crippen LogP contribution in [0.25, 0.3) is 0 Å². The molecule has 0 radical (unpaired) electrons. The van der Waals surface area contributed by atoms with Gasteiger partial charge in [0.2, 0.25) is 0 Å². The van der Waals surface area contributed by atoms with Crippen molar-refractivity contribution in [2.45, 2.75) is 77.4 Å². The molecule has 0 aromatic carbocycles. The topological polar surface area (TPSA) is 15.3 Å². The summed E-state index contributed by atoms with van der Waals surface area (Å²) in [4.78, 5) is 2.83. The third-order valence-corrected chi connectivity index (χ3v) is 4.71. The minimum Gasteiger partial charge on any atom is -0.309 e. The van der Waals surface area contributed by atoms with E-state index in [1.165, 1.54) is 45.2 Å². The van der Waals surface area contributed by atoms with E-state index in [1.54, 1.807) is 0 Å². The molecule has 2 heteroatoms. The summed E-state index contributed by atoms with van der Waals surface area (Å²) in [7, 11) is 0. The summed E-state index contributed by atoms with van der Waals surface area (Å²) in [5, 5.41) is 3.70. The summed E-state index contributed by atoms with van der Waals surface area (Å²) in [6.45, 7) is 11.9. The Morgan fingerprint density at radius 2 is 2.06 bits per heavy atom. The van der Waals surface area contributed by atoms with Crippen molar-refractivity contribution in [3.63, 3.8) is 0 Å². The second-order valence-electron chi connectivity index (χ2n) is 6.92. The SMILES string of the molecule is CCC1CNC(C)(C)CN1C1CCCC(C)C1. The second kappa shape index (κ2) is 5.27. The molecule has 1 saturated carbocycles. The minimum atomic E-state index is 0.298. The molecule has 2 rings (SSSR count). The van der Waals surface area contributed by atoms with E-state index in [2.05, 4.69) is 37.9 Å². The normalized spacial score (nSPS) is 39.2. The van der Waals surface area contributed by atoms with Crippen molar-refractivity contribution >= 4 is 0 Å². The van der Waals surface area contributed by atoms with E-state index in [4.69, 9.17) is 0 Å². The average molecular weight is 238 g/mol. The molecule has 3 unspecified atom stereocenters. The quantitative estimate of drug-likeness (QED) is 0.795. The zero-order chi connectivity index (χ0) is 12.5. The largest absolute Gasteiger partial charge is 0.309 e. The van der Waals surface area contributed by atoms with Crippen LogP contribution in [0.3, 0.4) is 0 Å². The Hall–Kier alpha value is -0.0800. The van der Waals surface area contributed by atoms with Gasteiger partial charge >= 0.3 is 0 Å². The lowest BCUT2D eigenvalue weighted by atomic mass is 9.84. The van der Waals surface area contributed by atoms with Crippen molar-refractivity contribution in [2.24, 2.45) is 5.92 Å². The first kappa shape index (κ1) is 13.4. The van der Waals surface area contributed by atoms with Crippen LogP contribution in [-0.4, -0.2) is 35.6 Å². The van der Waals surface area contributed by atoms with Gasteiger partial charge in [0.1, 0.15) is 0 Å². The fourth-order valence-corrected chi connectivity index (χ4v) is 3.66. The lowest BCUT2D eigenvalue weighted by molar-refractivity contribution is 0.0280. The number of hydrogen-bond donors (Lipinski definition) is 1. The minimum absolute atomic E-state index is 0.298. The number of hydrogen-bond acceptors (Lipinski definition) is 2. The lowest BCUT2D eigenvalue weighted by Gasteiger charge is -2.49. The molecule has 0 aromatic heterocycles. The molecule has 1 saturated heterocycles. The van der Waals surface area contributed by atoms with Gasteiger partial charge in [-0.05, 0) is 39.0 Å². The van der Waals surface area contributed by atoms with Crippen molar-refractivity contribution in [2.75, 3.05) is 13.1 Å². The van der Waals surface area contributed by atoms with E-state index in [1.807, 2.05) is 0 Å². The summed E-state index contributed by atoms with van der Waals surface area (Å²) in [6, 6.07) is 1.61. The van der Waals surface area contributed by atoms with Crippen LogP contribution in [0.2, 0.25) is 0 Å². The molecule has 17 heavy (non-hydrogen) atoms. The number of nitrogens with one attached hydrogen (secondary N) is 1. The van der Waals surface area contributed by atoms with Crippen LogP contribution in [0.4, 0.5) is 0 Å². The summed E-state index contributed by atoms with van der Waals surface area (Å²) < 4.78 is 0. The number of rotatable bonds is 2. The van der Waals surface area contributed by atoms with Crippen molar-refractivity contribution in [3.8, 4) is 0 Å². The van der Waals surface area contributed by atoms with Gasteiger partial charge in [-0.3, -0.25) is 4.90 Å². The summed E-state index contributed by atoms with van der Waals surface area (Å²) in [6.07, 6.45) is 7.02. The van der Waals surface area contributed by atoms with E-state index >= 15 is 0 Å². The Bertz CT molecular complexity index is 249. The molecule has 2 nitrogen and oxygen atoms in total. The maximum absolute atomic E-state index is 3.70. The first-order valence-electron chi connectivity index (χ1n) is 7.52. The van der Waals surface area contributed by atoms with E-state index in [0.717, 1.165) is 18.0 Å². The molecular formula is C15H30N2. The van der Waals surface area contributed by atoms with Crippen LogP contribution in [0.1, 0.15) is 59.8 Å². The smallest absolute Gasteiger partial charge is 0.0253 e.